The van der Waals surface area contributed by atoms with Crippen molar-refractivity contribution in [1.29, 1.82) is 0 Å². The summed E-state index contributed by atoms with van der Waals surface area (Å²) in [5.41, 5.74) is 1.07. The van der Waals surface area contributed by atoms with Crippen molar-refractivity contribution in [3.05, 3.63) is 33.8 Å². The Morgan fingerprint density at radius 1 is 1.27 bits per heavy atom. The van der Waals surface area contributed by atoms with E-state index in [-0.39, 0.29) is 12.4 Å². The number of rotatable bonds is 5. The molecule has 1 nitrogen and oxygen atoms in total. The molecular formula is C11H16Cl3N. The van der Waals surface area contributed by atoms with Crippen LogP contribution in [0.2, 0.25) is 10.0 Å². The van der Waals surface area contributed by atoms with Crippen LogP contribution < -0.4 is 5.32 Å². The van der Waals surface area contributed by atoms with Gasteiger partial charge in [0, 0.05) is 16.6 Å². The zero-order chi connectivity index (χ0) is 10.4. The summed E-state index contributed by atoms with van der Waals surface area (Å²) in [5, 5.41) is 4.84. The molecule has 0 saturated heterocycles. The number of hydrogen-bond donors (Lipinski definition) is 1. The Balaban J connectivity index is 0.00000196. The normalized spacial score (nSPS) is 9.80. The molecule has 0 spiro atoms. The molecule has 1 N–H and O–H groups in total. The Morgan fingerprint density at radius 3 is 2.67 bits per heavy atom. The fraction of sp³-hybridized carbons (Fsp3) is 0.455. The van der Waals surface area contributed by atoms with E-state index in [0.29, 0.717) is 0 Å². The summed E-state index contributed by atoms with van der Waals surface area (Å²) in [6.45, 7) is 3.99. The molecular weight excluding hydrogens is 252 g/mol. The molecule has 0 amide bonds. The third-order valence-corrected chi connectivity index (χ3v) is 2.63. The second-order valence-electron chi connectivity index (χ2n) is 3.27. The number of unbranched alkanes of at least 4 members (excludes halogenated alkanes) is 1. The van der Waals surface area contributed by atoms with Gasteiger partial charge in [-0.2, -0.15) is 0 Å². The minimum Gasteiger partial charge on any atom is -0.313 e. The van der Waals surface area contributed by atoms with Crippen molar-refractivity contribution in [3.63, 3.8) is 0 Å². The zero-order valence-corrected chi connectivity index (χ0v) is 11.1. The van der Waals surface area contributed by atoms with Gasteiger partial charge >= 0.3 is 0 Å². The first-order chi connectivity index (χ1) is 6.74. The van der Waals surface area contributed by atoms with Crippen molar-refractivity contribution in [2.24, 2.45) is 0 Å². The lowest BCUT2D eigenvalue weighted by Crippen LogP contribution is -2.14. The average molecular weight is 269 g/mol. The minimum absolute atomic E-state index is 0. The van der Waals surface area contributed by atoms with Gasteiger partial charge in [0.05, 0.1) is 0 Å². The van der Waals surface area contributed by atoms with Crippen LogP contribution in [0.5, 0.6) is 0 Å². The molecule has 0 bridgehead atoms. The lowest BCUT2D eigenvalue weighted by atomic mass is 10.2. The van der Waals surface area contributed by atoms with Crippen molar-refractivity contribution in [2.45, 2.75) is 26.3 Å². The number of benzene rings is 1. The summed E-state index contributed by atoms with van der Waals surface area (Å²) < 4.78 is 0. The first-order valence-corrected chi connectivity index (χ1v) is 5.64. The third-order valence-electron chi connectivity index (χ3n) is 2.03. The highest BCUT2D eigenvalue weighted by molar-refractivity contribution is 6.33. The van der Waals surface area contributed by atoms with Crippen LogP contribution in [-0.4, -0.2) is 6.54 Å². The molecule has 0 heterocycles. The maximum absolute atomic E-state index is 6.01. The quantitative estimate of drug-likeness (QED) is 0.785. The van der Waals surface area contributed by atoms with Gasteiger partial charge in [0.2, 0.25) is 0 Å². The van der Waals surface area contributed by atoms with Gasteiger partial charge in [-0.15, -0.1) is 12.4 Å². The van der Waals surface area contributed by atoms with Crippen LogP contribution in [0, 0.1) is 0 Å². The third kappa shape index (κ3) is 5.62. The molecule has 4 heteroatoms. The van der Waals surface area contributed by atoms with Crippen LogP contribution in [0.15, 0.2) is 18.2 Å². The van der Waals surface area contributed by atoms with Crippen molar-refractivity contribution >= 4 is 35.6 Å². The van der Waals surface area contributed by atoms with Crippen LogP contribution in [0.4, 0.5) is 0 Å². The van der Waals surface area contributed by atoms with Gasteiger partial charge in [0.25, 0.3) is 0 Å². The predicted molar refractivity (Wildman–Crippen MR) is 70.3 cm³/mol. The molecule has 0 fully saturated rings. The highest BCUT2D eigenvalue weighted by Gasteiger charge is 2.00. The van der Waals surface area contributed by atoms with Crippen molar-refractivity contribution < 1.29 is 0 Å². The highest BCUT2D eigenvalue weighted by atomic mass is 35.5. The predicted octanol–water partition coefficient (Wildman–Crippen LogP) is 4.30. The summed E-state index contributed by atoms with van der Waals surface area (Å²) in [4.78, 5) is 0. The van der Waals surface area contributed by atoms with Gasteiger partial charge < -0.3 is 5.32 Å². The Bertz CT molecular complexity index is 289. The smallest absolute Gasteiger partial charge is 0.0451 e. The van der Waals surface area contributed by atoms with E-state index < -0.39 is 0 Å². The van der Waals surface area contributed by atoms with Crippen LogP contribution in [0.25, 0.3) is 0 Å². The van der Waals surface area contributed by atoms with Crippen LogP contribution in [0.3, 0.4) is 0 Å². The van der Waals surface area contributed by atoms with Gasteiger partial charge in [0.1, 0.15) is 0 Å². The summed E-state index contributed by atoms with van der Waals surface area (Å²) in [7, 11) is 0. The monoisotopic (exact) mass is 267 g/mol. The molecule has 0 unspecified atom stereocenters. The van der Waals surface area contributed by atoms with Gasteiger partial charge in [0.15, 0.2) is 0 Å². The molecule has 0 atom stereocenters. The number of hydrogen-bond acceptors (Lipinski definition) is 1. The van der Waals surface area contributed by atoms with E-state index in [1.54, 1.807) is 6.07 Å². The topological polar surface area (TPSA) is 12.0 Å². The van der Waals surface area contributed by atoms with Crippen LogP contribution in [-0.2, 0) is 6.54 Å². The van der Waals surface area contributed by atoms with E-state index in [4.69, 9.17) is 23.2 Å². The van der Waals surface area contributed by atoms with Crippen LogP contribution >= 0.6 is 35.6 Å². The Kier molecular flexibility index (Phi) is 8.26. The Hall–Kier alpha value is 0.0500. The molecule has 0 saturated carbocycles. The average Bonchev–Trinajstić information content (AvgIpc) is 2.18. The highest BCUT2D eigenvalue weighted by Crippen LogP contribution is 2.20. The Labute approximate surface area is 108 Å². The van der Waals surface area contributed by atoms with E-state index >= 15 is 0 Å². The molecule has 0 aromatic heterocycles. The van der Waals surface area contributed by atoms with E-state index in [9.17, 15) is 0 Å². The molecule has 0 aliphatic carbocycles. The van der Waals surface area contributed by atoms with Gasteiger partial charge in [-0.25, -0.2) is 0 Å². The summed E-state index contributed by atoms with van der Waals surface area (Å²) in [6.07, 6.45) is 2.40. The maximum Gasteiger partial charge on any atom is 0.0451 e. The molecule has 0 radical (unpaired) electrons. The van der Waals surface area contributed by atoms with E-state index in [2.05, 4.69) is 12.2 Å². The van der Waals surface area contributed by atoms with E-state index in [1.165, 1.54) is 12.8 Å². The minimum atomic E-state index is 0. The molecule has 1 aromatic rings. The summed E-state index contributed by atoms with van der Waals surface area (Å²) in [6, 6.07) is 5.54. The molecule has 0 aliphatic rings. The molecule has 15 heavy (non-hydrogen) atoms. The summed E-state index contributed by atoms with van der Waals surface area (Å²) in [5.74, 6) is 0. The standard InChI is InChI=1S/C11H15Cl2N.ClH/c1-2-3-6-14-8-9-7-10(12)4-5-11(9)13;/h4-5,7,14H,2-3,6,8H2,1H3;1H. The van der Waals surface area contributed by atoms with Gasteiger partial charge in [-0.1, -0.05) is 36.5 Å². The SMILES string of the molecule is CCCCNCc1cc(Cl)ccc1Cl.Cl. The zero-order valence-electron chi connectivity index (χ0n) is 8.72. The maximum atomic E-state index is 6.01. The first-order valence-electron chi connectivity index (χ1n) is 4.88. The number of halogens is 3. The van der Waals surface area contributed by atoms with E-state index in [0.717, 1.165) is 28.7 Å². The van der Waals surface area contributed by atoms with Gasteiger partial charge in [-0.3, -0.25) is 0 Å². The lowest BCUT2D eigenvalue weighted by Gasteiger charge is -2.06. The van der Waals surface area contributed by atoms with Crippen molar-refractivity contribution in [1.82, 2.24) is 5.32 Å². The fourth-order valence-electron chi connectivity index (χ4n) is 1.20. The second-order valence-corrected chi connectivity index (χ2v) is 4.11. The largest absolute Gasteiger partial charge is 0.313 e. The summed E-state index contributed by atoms with van der Waals surface area (Å²) >= 11 is 11.9. The first kappa shape index (κ1) is 15.0. The Morgan fingerprint density at radius 2 is 2.00 bits per heavy atom. The fourth-order valence-corrected chi connectivity index (χ4v) is 1.58. The molecule has 1 rings (SSSR count). The molecule has 86 valence electrons. The van der Waals surface area contributed by atoms with Crippen LogP contribution in [0.1, 0.15) is 25.3 Å². The van der Waals surface area contributed by atoms with Gasteiger partial charge in [-0.05, 0) is 36.7 Å². The second kappa shape index (κ2) is 8.23. The van der Waals surface area contributed by atoms with E-state index in [1.807, 2.05) is 12.1 Å². The molecule has 0 aliphatic heterocycles. The van der Waals surface area contributed by atoms with Crippen molar-refractivity contribution in [2.75, 3.05) is 6.54 Å². The number of nitrogens with one attached hydrogen (secondary N) is 1. The molecule has 1 aromatic carbocycles. The van der Waals surface area contributed by atoms with Crippen molar-refractivity contribution in [3.8, 4) is 0 Å². The lowest BCUT2D eigenvalue weighted by molar-refractivity contribution is 0.641.